The number of aryl methyl sites for hydroxylation is 1. The van der Waals surface area contributed by atoms with Gasteiger partial charge in [-0.15, -0.1) is 11.6 Å². The summed E-state index contributed by atoms with van der Waals surface area (Å²) in [5.41, 5.74) is 0.0679. The van der Waals surface area contributed by atoms with Crippen molar-refractivity contribution in [3.8, 4) is 0 Å². The van der Waals surface area contributed by atoms with Crippen molar-refractivity contribution in [1.29, 1.82) is 0 Å². The SMILES string of the molecule is Cc1ccc(S(=O)C(C)(Cl)C2(O)CCCCC2C2CCCCC2)cc1. The number of aliphatic hydroxyl groups is 1. The van der Waals surface area contributed by atoms with Crippen molar-refractivity contribution in [3.63, 3.8) is 0 Å². The van der Waals surface area contributed by atoms with E-state index in [1.54, 1.807) is 6.92 Å². The van der Waals surface area contributed by atoms with Crippen molar-refractivity contribution in [2.24, 2.45) is 11.8 Å². The number of alkyl halides is 1. The van der Waals surface area contributed by atoms with Crippen molar-refractivity contribution < 1.29 is 9.32 Å². The van der Waals surface area contributed by atoms with E-state index < -0.39 is 20.6 Å². The average molecular weight is 383 g/mol. The molecular formula is C21H31ClO2S. The molecular weight excluding hydrogens is 352 g/mol. The second-order valence-electron chi connectivity index (χ2n) is 8.17. The highest BCUT2D eigenvalue weighted by molar-refractivity contribution is 7.88. The molecule has 4 heteroatoms. The van der Waals surface area contributed by atoms with E-state index in [1.807, 2.05) is 31.2 Å². The molecule has 0 aliphatic heterocycles. The van der Waals surface area contributed by atoms with Crippen LogP contribution in [0.2, 0.25) is 0 Å². The molecule has 1 aromatic rings. The molecule has 0 heterocycles. The van der Waals surface area contributed by atoms with Gasteiger partial charge in [-0.25, -0.2) is 0 Å². The van der Waals surface area contributed by atoms with Crippen LogP contribution in [0.1, 0.15) is 70.3 Å². The summed E-state index contributed by atoms with van der Waals surface area (Å²) in [4.78, 5) is 0.712. The smallest absolute Gasteiger partial charge is 0.150 e. The van der Waals surface area contributed by atoms with Crippen LogP contribution in [0.15, 0.2) is 29.2 Å². The van der Waals surface area contributed by atoms with E-state index in [-0.39, 0.29) is 5.92 Å². The van der Waals surface area contributed by atoms with Gasteiger partial charge in [-0.1, -0.05) is 62.6 Å². The molecule has 0 spiro atoms. The standard InChI is InChI=1S/C21H31ClO2S/c1-16-11-13-18(14-12-16)25(24)20(2,22)21(23)15-7-6-10-19(21)17-8-4-3-5-9-17/h11-14,17,19,23H,3-10,15H2,1-2H3. The minimum atomic E-state index is -1.45. The minimum absolute atomic E-state index is 0.165. The monoisotopic (exact) mass is 382 g/mol. The summed E-state index contributed by atoms with van der Waals surface area (Å²) in [6.45, 7) is 3.81. The minimum Gasteiger partial charge on any atom is -0.387 e. The lowest BCUT2D eigenvalue weighted by Crippen LogP contribution is -2.59. The van der Waals surface area contributed by atoms with E-state index >= 15 is 0 Å². The quantitative estimate of drug-likeness (QED) is 0.692. The van der Waals surface area contributed by atoms with Gasteiger partial charge in [0.05, 0.1) is 16.4 Å². The first-order valence-electron chi connectivity index (χ1n) is 9.76. The number of hydrogen-bond acceptors (Lipinski definition) is 2. The molecule has 1 N–H and O–H groups in total. The summed E-state index contributed by atoms with van der Waals surface area (Å²) in [5, 5.41) is 11.8. The molecule has 0 bridgehead atoms. The van der Waals surface area contributed by atoms with Crippen molar-refractivity contribution in [2.75, 3.05) is 0 Å². The van der Waals surface area contributed by atoms with Gasteiger partial charge in [0.15, 0.2) is 0 Å². The fourth-order valence-corrected chi connectivity index (χ4v) is 6.85. The maximum atomic E-state index is 13.3. The molecule has 0 aromatic heterocycles. The Morgan fingerprint density at radius 2 is 1.68 bits per heavy atom. The zero-order valence-corrected chi connectivity index (χ0v) is 17.0. The summed E-state index contributed by atoms with van der Waals surface area (Å²) < 4.78 is 12.2. The number of hydrogen-bond donors (Lipinski definition) is 1. The van der Waals surface area contributed by atoms with E-state index in [1.165, 1.54) is 32.1 Å². The van der Waals surface area contributed by atoms with Gasteiger partial charge in [0, 0.05) is 4.90 Å². The van der Waals surface area contributed by atoms with E-state index in [0.717, 1.165) is 24.8 Å². The maximum Gasteiger partial charge on any atom is 0.150 e. The maximum absolute atomic E-state index is 13.3. The first-order chi connectivity index (χ1) is 11.9. The third-order valence-corrected chi connectivity index (χ3v) is 9.01. The predicted molar refractivity (Wildman–Crippen MR) is 105 cm³/mol. The first-order valence-corrected chi connectivity index (χ1v) is 11.3. The fraction of sp³-hybridized carbons (Fsp3) is 0.714. The lowest BCUT2D eigenvalue weighted by molar-refractivity contribution is -0.0847. The van der Waals surface area contributed by atoms with Crippen LogP contribution in [0.3, 0.4) is 0 Å². The Labute approximate surface area is 159 Å². The third-order valence-electron chi connectivity index (χ3n) is 6.51. The molecule has 0 radical (unpaired) electrons. The van der Waals surface area contributed by atoms with Crippen LogP contribution in [-0.4, -0.2) is 19.1 Å². The van der Waals surface area contributed by atoms with Crippen LogP contribution < -0.4 is 0 Å². The molecule has 0 amide bonds. The Balaban J connectivity index is 1.90. The third kappa shape index (κ3) is 3.70. The Kier molecular flexibility index (Phi) is 5.97. The summed E-state index contributed by atoms with van der Waals surface area (Å²) >= 11 is 6.94. The Morgan fingerprint density at radius 1 is 1.08 bits per heavy atom. The molecule has 2 aliphatic rings. The molecule has 4 atom stereocenters. The number of benzene rings is 1. The second kappa shape index (κ2) is 7.70. The molecule has 2 saturated carbocycles. The van der Waals surface area contributed by atoms with E-state index in [0.29, 0.717) is 17.2 Å². The molecule has 2 nitrogen and oxygen atoms in total. The molecule has 2 fully saturated rings. The summed E-state index contributed by atoms with van der Waals surface area (Å²) in [6.07, 6.45) is 9.93. The lowest BCUT2D eigenvalue weighted by Gasteiger charge is -2.51. The molecule has 1 aromatic carbocycles. The van der Waals surface area contributed by atoms with Gasteiger partial charge in [0.25, 0.3) is 0 Å². The topological polar surface area (TPSA) is 37.3 Å². The van der Waals surface area contributed by atoms with Gasteiger partial charge in [0.2, 0.25) is 0 Å². The first kappa shape index (κ1) is 19.4. The Hall–Kier alpha value is -0.380. The summed E-state index contributed by atoms with van der Waals surface area (Å²) in [5.74, 6) is 0.686. The van der Waals surface area contributed by atoms with Crippen LogP contribution in [0, 0.1) is 18.8 Å². The fourth-order valence-electron chi connectivity index (χ4n) is 4.94. The Morgan fingerprint density at radius 3 is 2.32 bits per heavy atom. The molecule has 3 rings (SSSR count). The molecule has 140 valence electrons. The largest absolute Gasteiger partial charge is 0.387 e. The Bertz CT molecular complexity index is 607. The number of rotatable bonds is 4. The van der Waals surface area contributed by atoms with Crippen LogP contribution >= 0.6 is 11.6 Å². The van der Waals surface area contributed by atoms with Crippen molar-refractivity contribution in [1.82, 2.24) is 0 Å². The highest BCUT2D eigenvalue weighted by Gasteiger charge is 2.57. The van der Waals surface area contributed by atoms with Crippen LogP contribution in [0.4, 0.5) is 0 Å². The van der Waals surface area contributed by atoms with Gasteiger partial charge >= 0.3 is 0 Å². The highest BCUT2D eigenvalue weighted by atomic mass is 35.5. The predicted octanol–water partition coefficient (Wildman–Crippen LogP) is 5.56. The van der Waals surface area contributed by atoms with Crippen molar-refractivity contribution in [2.45, 2.75) is 86.3 Å². The molecule has 25 heavy (non-hydrogen) atoms. The van der Waals surface area contributed by atoms with Crippen molar-refractivity contribution in [3.05, 3.63) is 29.8 Å². The molecule has 2 aliphatic carbocycles. The van der Waals surface area contributed by atoms with Gasteiger partial charge in [-0.2, -0.15) is 0 Å². The van der Waals surface area contributed by atoms with Gasteiger partial charge in [-0.05, 0) is 50.7 Å². The normalized spacial score (nSPS) is 32.1. The van der Waals surface area contributed by atoms with Crippen LogP contribution in [0.5, 0.6) is 0 Å². The van der Waals surface area contributed by atoms with Crippen LogP contribution in [-0.2, 0) is 10.8 Å². The second-order valence-corrected chi connectivity index (χ2v) is 11.0. The molecule has 0 saturated heterocycles. The summed E-state index contributed by atoms with van der Waals surface area (Å²) in [7, 11) is -1.45. The zero-order valence-electron chi connectivity index (χ0n) is 15.5. The van der Waals surface area contributed by atoms with Gasteiger partial charge < -0.3 is 5.11 Å². The highest BCUT2D eigenvalue weighted by Crippen LogP contribution is 2.52. The van der Waals surface area contributed by atoms with Gasteiger partial charge in [0.1, 0.15) is 4.21 Å². The zero-order chi connectivity index (χ0) is 18.1. The van der Waals surface area contributed by atoms with Crippen LogP contribution in [0.25, 0.3) is 0 Å². The van der Waals surface area contributed by atoms with E-state index in [2.05, 4.69) is 0 Å². The summed E-state index contributed by atoms with van der Waals surface area (Å²) in [6, 6.07) is 7.69. The van der Waals surface area contributed by atoms with E-state index in [4.69, 9.17) is 11.6 Å². The van der Waals surface area contributed by atoms with Gasteiger partial charge in [-0.3, -0.25) is 4.21 Å². The molecule has 4 unspecified atom stereocenters. The average Bonchev–Trinajstić information content (AvgIpc) is 2.62. The lowest BCUT2D eigenvalue weighted by atomic mass is 9.64. The van der Waals surface area contributed by atoms with Crippen molar-refractivity contribution >= 4 is 22.4 Å². The number of halogens is 1. The van der Waals surface area contributed by atoms with E-state index in [9.17, 15) is 9.32 Å².